The monoisotopic (exact) mass is 624 g/mol. The molecule has 5 heteroatoms. The SMILES string of the molecule is C=C(C)[C@@H]1CC[C@]2(C(=O)Nc3cccc4ncccc34)CC[C@]3(C)[C@H](CC[C@@H]4[C@@]5(C)CC[C@H](OC(C)=O)C(C)(C)[C@@H]5CC[C@]43C)[C@@H]12. The zero-order chi connectivity index (χ0) is 32.9. The van der Waals surface area contributed by atoms with Crippen molar-refractivity contribution in [1.82, 2.24) is 4.98 Å². The molecule has 5 saturated carbocycles. The van der Waals surface area contributed by atoms with Gasteiger partial charge < -0.3 is 10.1 Å². The quantitative estimate of drug-likeness (QED) is 0.272. The second-order valence-corrected chi connectivity index (χ2v) is 17.6. The Morgan fingerprint density at radius 1 is 0.848 bits per heavy atom. The van der Waals surface area contributed by atoms with Crippen molar-refractivity contribution in [3.05, 3.63) is 48.7 Å². The Kier molecular flexibility index (Phi) is 7.39. The van der Waals surface area contributed by atoms with Gasteiger partial charge in [0, 0.05) is 23.9 Å². The summed E-state index contributed by atoms with van der Waals surface area (Å²) in [6.07, 6.45) is 12.8. The predicted octanol–water partition coefficient (Wildman–Crippen LogP) is 9.76. The van der Waals surface area contributed by atoms with E-state index in [0.29, 0.717) is 29.6 Å². The summed E-state index contributed by atoms with van der Waals surface area (Å²) in [7, 11) is 0. The largest absolute Gasteiger partial charge is 0.462 e. The third-order valence-corrected chi connectivity index (χ3v) is 15.7. The number of benzene rings is 1. The van der Waals surface area contributed by atoms with E-state index in [9.17, 15) is 9.59 Å². The molecule has 7 rings (SSSR count). The highest BCUT2D eigenvalue weighted by atomic mass is 16.5. The highest BCUT2D eigenvalue weighted by Gasteiger charge is 2.72. The number of carbonyl (C=O) groups is 2. The van der Waals surface area contributed by atoms with E-state index in [0.717, 1.165) is 55.1 Å². The number of carbonyl (C=O) groups excluding carboxylic acids is 2. The van der Waals surface area contributed by atoms with Gasteiger partial charge >= 0.3 is 5.97 Å². The van der Waals surface area contributed by atoms with Crippen LogP contribution in [0.2, 0.25) is 0 Å². The minimum absolute atomic E-state index is 0.000459. The van der Waals surface area contributed by atoms with Crippen molar-refractivity contribution in [1.29, 1.82) is 0 Å². The van der Waals surface area contributed by atoms with Gasteiger partial charge in [0.15, 0.2) is 0 Å². The number of ether oxygens (including phenoxy) is 1. The first-order valence-electron chi connectivity index (χ1n) is 18.2. The normalized spacial score (nSPS) is 42.6. The molecule has 5 aliphatic carbocycles. The minimum atomic E-state index is -0.369. The lowest BCUT2D eigenvalue weighted by molar-refractivity contribution is -0.248. The Morgan fingerprint density at radius 2 is 1.63 bits per heavy atom. The van der Waals surface area contributed by atoms with Gasteiger partial charge in [-0.25, -0.2) is 0 Å². The van der Waals surface area contributed by atoms with E-state index in [1.807, 2.05) is 30.5 Å². The van der Waals surface area contributed by atoms with E-state index in [1.54, 1.807) is 6.92 Å². The second-order valence-electron chi connectivity index (χ2n) is 17.6. The maximum Gasteiger partial charge on any atom is 0.302 e. The van der Waals surface area contributed by atoms with Crippen molar-refractivity contribution in [3.63, 3.8) is 0 Å². The zero-order valence-corrected chi connectivity index (χ0v) is 29.4. The van der Waals surface area contributed by atoms with Crippen LogP contribution >= 0.6 is 0 Å². The molecule has 1 amide bonds. The van der Waals surface area contributed by atoms with Gasteiger partial charge in [-0.15, -0.1) is 0 Å². The third-order valence-electron chi connectivity index (χ3n) is 15.7. The molecular formula is C41H56N2O3. The van der Waals surface area contributed by atoms with E-state index in [4.69, 9.17) is 4.74 Å². The van der Waals surface area contributed by atoms with E-state index in [1.165, 1.54) is 31.3 Å². The summed E-state index contributed by atoms with van der Waals surface area (Å²) in [5, 5.41) is 4.48. The van der Waals surface area contributed by atoms with Crippen LogP contribution in [0.1, 0.15) is 113 Å². The first-order chi connectivity index (χ1) is 21.7. The molecule has 0 spiro atoms. The van der Waals surface area contributed by atoms with Crippen LogP contribution in [-0.4, -0.2) is 23.0 Å². The summed E-state index contributed by atoms with van der Waals surface area (Å²) in [4.78, 5) is 31.3. The van der Waals surface area contributed by atoms with Crippen LogP contribution < -0.4 is 5.32 Å². The highest BCUT2D eigenvalue weighted by Crippen LogP contribution is 2.77. The van der Waals surface area contributed by atoms with Gasteiger partial charge in [0.25, 0.3) is 0 Å². The number of fused-ring (bicyclic) bond motifs is 8. The van der Waals surface area contributed by atoms with Gasteiger partial charge in [0.05, 0.1) is 16.6 Å². The lowest BCUT2D eigenvalue weighted by Gasteiger charge is -2.72. The maximum atomic E-state index is 14.7. The highest BCUT2D eigenvalue weighted by molar-refractivity contribution is 6.03. The van der Waals surface area contributed by atoms with Crippen molar-refractivity contribution in [2.75, 3.05) is 5.32 Å². The molecule has 1 heterocycles. The smallest absolute Gasteiger partial charge is 0.302 e. The van der Waals surface area contributed by atoms with Crippen molar-refractivity contribution in [2.24, 2.45) is 56.7 Å². The number of anilines is 1. The number of allylic oxidation sites excluding steroid dienone is 1. The average Bonchev–Trinajstić information content (AvgIpc) is 3.40. The summed E-state index contributed by atoms with van der Waals surface area (Å²) in [5.41, 5.74) is 3.24. The summed E-state index contributed by atoms with van der Waals surface area (Å²) in [6.45, 7) is 20.9. The fourth-order valence-corrected chi connectivity index (χ4v) is 13.4. The van der Waals surface area contributed by atoms with Crippen LogP contribution in [0.25, 0.3) is 10.9 Å². The molecule has 2 aromatic rings. The van der Waals surface area contributed by atoms with Gasteiger partial charge in [-0.05, 0) is 141 Å². The first-order valence-corrected chi connectivity index (χ1v) is 18.2. The summed E-state index contributed by atoms with van der Waals surface area (Å²) >= 11 is 0. The van der Waals surface area contributed by atoms with Crippen molar-refractivity contribution in [2.45, 2.75) is 119 Å². The van der Waals surface area contributed by atoms with Crippen LogP contribution in [0.3, 0.4) is 0 Å². The maximum absolute atomic E-state index is 14.7. The van der Waals surface area contributed by atoms with E-state index in [2.05, 4.69) is 64.5 Å². The lowest BCUT2D eigenvalue weighted by atomic mass is 9.32. The molecule has 1 aromatic carbocycles. The molecule has 5 nitrogen and oxygen atoms in total. The number of rotatable bonds is 4. The molecule has 0 saturated heterocycles. The number of hydrogen-bond acceptors (Lipinski definition) is 4. The van der Waals surface area contributed by atoms with Gasteiger partial charge in [0.1, 0.15) is 6.10 Å². The molecule has 10 atom stereocenters. The summed E-state index contributed by atoms with van der Waals surface area (Å²) < 4.78 is 5.96. The van der Waals surface area contributed by atoms with E-state index in [-0.39, 0.29) is 45.1 Å². The van der Waals surface area contributed by atoms with Crippen LogP contribution in [0, 0.1) is 56.7 Å². The minimum Gasteiger partial charge on any atom is -0.462 e. The molecule has 1 aromatic heterocycles. The molecule has 46 heavy (non-hydrogen) atoms. The summed E-state index contributed by atoms with van der Waals surface area (Å²) in [5.74, 6) is 2.43. The fraction of sp³-hybridized carbons (Fsp3) is 0.683. The van der Waals surface area contributed by atoms with Gasteiger partial charge in [-0.3, -0.25) is 14.6 Å². The Balaban J connectivity index is 1.23. The molecule has 248 valence electrons. The Labute approximate surface area is 276 Å². The number of nitrogens with zero attached hydrogens (tertiary/aromatic N) is 1. The molecule has 0 unspecified atom stereocenters. The molecule has 0 bridgehead atoms. The second kappa shape index (κ2) is 10.7. The van der Waals surface area contributed by atoms with E-state index >= 15 is 0 Å². The molecule has 0 aliphatic heterocycles. The number of nitrogens with one attached hydrogen (secondary N) is 1. The molecule has 0 radical (unpaired) electrons. The number of hydrogen-bond donors (Lipinski definition) is 1. The lowest BCUT2D eigenvalue weighted by Crippen LogP contribution is -2.67. The van der Waals surface area contributed by atoms with E-state index < -0.39 is 0 Å². The number of aromatic nitrogens is 1. The predicted molar refractivity (Wildman–Crippen MR) is 185 cm³/mol. The molecular weight excluding hydrogens is 568 g/mol. The van der Waals surface area contributed by atoms with Gasteiger partial charge in [-0.1, -0.05) is 52.8 Å². The fourth-order valence-electron chi connectivity index (χ4n) is 13.4. The van der Waals surface area contributed by atoms with Crippen LogP contribution in [0.5, 0.6) is 0 Å². The Morgan fingerprint density at radius 3 is 2.37 bits per heavy atom. The number of pyridine rings is 1. The average molecular weight is 625 g/mol. The Bertz CT molecular complexity index is 1580. The third kappa shape index (κ3) is 4.27. The topological polar surface area (TPSA) is 68.3 Å². The van der Waals surface area contributed by atoms with Gasteiger partial charge in [0.2, 0.25) is 5.91 Å². The Hall–Kier alpha value is -2.69. The van der Waals surface area contributed by atoms with Crippen molar-refractivity contribution >= 4 is 28.5 Å². The van der Waals surface area contributed by atoms with Gasteiger partial charge in [-0.2, -0.15) is 0 Å². The van der Waals surface area contributed by atoms with Crippen LogP contribution in [0.15, 0.2) is 48.7 Å². The first kappa shape index (κ1) is 31.9. The van der Waals surface area contributed by atoms with Crippen LogP contribution in [-0.2, 0) is 14.3 Å². The standard InChI is InChI=1S/C41H56N2O3/c1-25(2)27-16-21-41(36(45)43-31-13-9-12-30-28(31)11-10-24-42-30)23-22-39(7)29(35(27)41)14-15-33-38(6)19-18-34(46-26(3)44)37(4,5)32(38)17-20-40(33,39)8/h9-13,24,27,29,32-35H,1,14-23H2,2-8H3,(H,43,45)/t27-,29+,32-,33+,34-,35+,38-,39+,40+,41-/m0/s1. The summed E-state index contributed by atoms with van der Waals surface area (Å²) in [6, 6.07) is 10.1. The molecule has 5 fully saturated rings. The van der Waals surface area contributed by atoms with Crippen LogP contribution in [0.4, 0.5) is 5.69 Å². The number of esters is 1. The number of amides is 1. The van der Waals surface area contributed by atoms with Crippen molar-refractivity contribution < 1.29 is 14.3 Å². The van der Waals surface area contributed by atoms with Crippen molar-refractivity contribution in [3.8, 4) is 0 Å². The zero-order valence-electron chi connectivity index (χ0n) is 29.4. The molecule has 5 aliphatic rings. The molecule has 1 N–H and O–H groups in total.